The fourth-order valence-corrected chi connectivity index (χ4v) is 8.92. The van der Waals surface area contributed by atoms with Crippen molar-refractivity contribution in [3.8, 4) is 5.75 Å². The van der Waals surface area contributed by atoms with Crippen LogP contribution >= 0.6 is 45.9 Å². The molecule has 2 N–H and O–H groups in total. The van der Waals surface area contributed by atoms with Crippen LogP contribution in [-0.2, 0) is 36.1 Å². The van der Waals surface area contributed by atoms with Gasteiger partial charge in [0.25, 0.3) is 11.8 Å². The molecule has 2 aliphatic heterocycles. The minimum absolute atomic E-state index is 0.00746. The van der Waals surface area contributed by atoms with Gasteiger partial charge in [-0.05, 0) is 46.9 Å². The van der Waals surface area contributed by atoms with Gasteiger partial charge in [0.2, 0.25) is 16.7 Å². The highest BCUT2D eigenvalue weighted by Gasteiger charge is 2.54. The van der Waals surface area contributed by atoms with Crippen LogP contribution in [0.4, 0.5) is 5.13 Å². The lowest BCUT2D eigenvalue weighted by atomic mass is 9.77. The van der Waals surface area contributed by atoms with Gasteiger partial charge in [0.15, 0.2) is 0 Å². The van der Waals surface area contributed by atoms with Gasteiger partial charge in [-0.2, -0.15) is 9.36 Å². The van der Waals surface area contributed by atoms with E-state index in [1.165, 1.54) is 16.7 Å². The van der Waals surface area contributed by atoms with Gasteiger partial charge in [0, 0.05) is 21.7 Å². The van der Waals surface area contributed by atoms with E-state index >= 15 is 0 Å². The molecule has 0 aliphatic carbocycles. The molecule has 7 rings (SSSR count). The van der Waals surface area contributed by atoms with Gasteiger partial charge in [0.1, 0.15) is 41.6 Å². The Balaban J connectivity index is 1.13. The molecule has 1 fully saturated rings. The van der Waals surface area contributed by atoms with E-state index in [1.54, 1.807) is 38.3 Å². The molecule has 5 aromatic rings. The van der Waals surface area contributed by atoms with Crippen LogP contribution < -0.4 is 15.4 Å². The molecule has 2 atom stereocenters. The molecule has 15 heteroatoms. The Morgan fingerprint density at radius 1 is 0.948 bits per heavy atom. The van der Waals surface area contributed by atoms with Gasteiger partial charge in [-0.3, -0.25) is 14.5 Å². The lowest BCUT2D eigenvalue weighted by Crippen LogP contribution is -2.71. The number of nitrogens with one attached hydrogen (secondary N) is 2. The number of thioether (sulfide) groups is 1. The zero-order valence-corrected chi connectivity index (χ0v) is 35.3. The van der Waals surface area contributed by atoms with E-state index in [2.05, 4.69) is 79.2 Å². The van der Waals surface area contributed by atoms with Gasteiger partial charge in [-0.15, -0.1) is 11.8 Å². The van der Waals surface area contributed by atoms with Gasteiger partial charge in [-0.1, -0.05) is 143 Å². The number of esters is 1. The molecule has 2 aliphatic rings. The highest BCUT2D eigenvalue weighted by Crippen LogP contribution is 2.42. The molecule has 1 aromatic heterocycles. The molecule has 0 spiro atoms. The normalized spacial score (nSPS) is 16.7. The lowest BCUT2D eigenvalue weighted by Gasteiger charge is -2.49. The number of hydrogen-bond acceptors (Lipinski definition) is 12. The zero-order chi connectivity index (χ0) is 40.5. The molecule has 296 valence electrons. The standard InChI is InChI=1S/C43H39IN6O6S2/c1-3-56-48-34(37-46-42(58-49-37)47-43(30-15-7-4-8-16-30,31-17-9-5-10-18-31)32-19-11-6-12-20-32)38(51)45-35-39(52)50-36(29(14-13-25-44)27-57-40(35)50)41(53)55-26-28-21-23-33(54-2)24-22-28/h4-24,35,40H,3,25-27H2,1-2H3,(H,45,51)(H,46,47,49)/b14-13?,48-34-/t35-,40+/m1/s1. The number of β-lactam (4-membered cyclic amide) rings is 1. The number of alkyl halides is 1. The maximum absolute atomic E-state index is 14.0. The summed E-state index contributed by atoms with van der Waals surface area (Å²) in [5.74, 6) is -0.644. The summed E-state index contributed by atoms with van der Waals surface area (Å²) in [7, 11) is 1.58. The second-order valence-electron chi connectivity index (χ2n) is 13.0. The third kappa shape index (κ3) is 8.51. The fraction of sp³-hybridized carbons (Fsp3) is 0.209. The summed E-state index contributed by atoms with van der Waals surface area (Å²) in [4.78, 5) is 53.1. The summed E-state index contributed by atoms with van der Waals surface area (Å²) in [6, 6.07) is 36.4. The van der Waals surface area contributed by atoms with Crippen LogP contribution in [0, 0.1) is 0 Å². The molecule has 1 saturated heterocycles. The SMILES string of the molecule is CCO/N=C(\C(=O)N[C@@H]1C(=O)N2C(C(=O)OCc3ccc(OC)cc3)=C(C=CCI)CS[C@@H]12)c1nsc(NC(c2ccccc2)(c2ccccc2)c2ccccc2)n1. The summed E-state index contributed by atoms with van der Waals surface area (Å²) in [6.07, 6.45) is 3.76. The first kappa shape index (κ1) is 40.7. The van der Waals surface area contributed by atoms with E-state index in [1.807, 2.05) is 66.7 Å². The Labute approximate surface area is 358 Å². The minimum atomic E-state index is -0.957. The Morgan fingerprint density at radius 2 is 1.57 bits per heavy atom. The maximum Gasteiger partial charge on any atom is 0.355 e. The molecule has 0 unspecified atom stereocenters. The van der Waals surface area contributed by atoms with Crippen LogP contribution in [0.1, 0.15) is 35.0 Å². The average Bonchev–Trinajstić information content (AvgIpc) is 3.74. The second-order valence-corrected chi connectivity index (χ2v) is 15.7. The monoisotopic (exact) mass is 926 g/mol. The van der Waals surface area contributed by atoms with Crippen molar-refractivity contribution in [3.05, 3.63) is 167 Å². The van der Waals surface area contributed by atoms with Crippen molar-refractivity contribution in [1.29, 1.82) is 0 Å². The summed E-state index contributed by atoms with van der Waals surface area (Å²) in [5.41, 5.74) is 3.42. The van der Waals surface area contributed by atoms with Crippen molar-refractivity contribution in [2.24, 2.45) is 5.16 Å². The number of halogens is 1. The highest BCUT2D eigenvalue weighted by atomic mass is 127. The predicted octanol–water partition coefficient (Wildman–Crippen LogP) is 7.08. The van der Waals surface area contributed by atoms with E-state index in [-0.39, 0.29) is 30.4 Å². The molecular weight excluding hydrogens is 888 g/mol. The Bertz CT molecular complexity index is 2230. The van der Waals surface area contributed by atoms with Gasteiger partial charge in [-0.25, -0.2) is 4.79 Å². The van der Waals surface area contributed by atoms with E-state index < -0.39 is 34.7 Å². The molecule has 0 radical (unpaired) electrons. The largest absolute Gasteiger partial charge is 0.497 e. The summed E-state index contributed by atoms with van der Waals surface area (Å²) >= 11 is 4.73. The molecular formula is C43H39IN6O6S2. The Morgan fingerprint density at radius 3 is 2.14 bits per heavy atom. The number of rotatable bonds is 16. The molecule has 0 saturated carbocycles. The van der Waals surface area contributed by atoms with Crippen molar-refractivity contribution in [3.63, 3.8) is 0 Å². The summed E-state index contributed by atoms with van der Waals surface area (Å²) in [5, 5.41) is 10.5. The van der Waals surface area contributed by atoms with Crippen molar-refractivity contribution in [1.82, 2.24) is 19.6 Å². The Hall–Kier alpha value is -5.52. The number of aromatic nitrogens is 2. The quantitative estimate of drug-likeness (QED) is 0.0201. The molecule has 4 aromatic carbocycles. The van der Waals surface area contributed by atoms with Crippen LogP contribution in [0.5, 0.6) is 5.75 Å². The number of hydrogen-bond donors (Lipinski definition) is 2. The smallest absolute Gasteiger partial charge is 0.355 e. The number of fused-ring (bicyclic) bond motifs is 1. The van der Waals surface area contributed by atoms with E-state index in [4.69, 9.17) is 19.3 Å². The number of anilines is 1. The first-order valence-electron chi connectivity index (χ1n) is 18.4. The van der Waals surface area contributed by atoms with Gasteiger partial charge < -0.3 is 24.9 Å². The number of carbonyl (C=O) groups excluding carboxylic acids is 3. The predicted molar refractivity (Wildman–Crippen MR) is 234 cm³/mol. The second kappa shape index (κ2) is 18.8. The zero-order valence-electron chi connectivity index (χ0n) is 31.5. The van der Waals surface area contributed by atoms with E-state index in [0.29, 0.717) is 26.6 Å². The molecule has 12 nitrogen and oxygen atoms in total. The molecule has 58 heavy (non-hydrogen) atoms. The minimum Gasteiger partial charge on any atom is -0.497 e. The number of allylic oxidation sites excluding steroid dienone is 2. The topological polar surface area (TPSA) is 144 Å². The van der Waals surface area contributed by atoms with Crippen LogP contribution in [0.2, 0.25) is 0 Å². The number of benzene rings is 4. The first-order valence-corrected chi connectivity index (χ1v) is 21.7. The van der Waals surface area contributed by atoms with Crippen molar-refractivity contribution >= 4 is 74.5 Å². The lowest BCUT2D eigenvalue weighted by molar-refractivity contribution is -0.153. The van der Waals surface area contributed by atoms with Gasteiger partial charge >= 0.3 is 5.97 Å². The summed E-state index contributed by atoms with van der Waals surface area (Å²) in [6.45, 7) is 1.93. The third-order valence-electron chi connectivity index (χ3n) is 9.47. The number of methoxy groups -OCH3 is 1. The third-order valence-corrected chi connectivity index (χ3v) is 11.9. The molecule has 0 bridgehead atoms. The van der Waals surface area contributed by atoms with Crippen molar-refractivity contribution in [2.75, 3.05) is 29.2 Å². The Kier molecular flexibility index (Phi) is 13.2. The van der Waals surface area contributed by atoms with Crippen LogP contribution in [0.15, 0.2) is 144 Å². The fourth-order valence-electron chi connectivity index (χ4n) is 6.72. The number of nitrogens with zero attached hydrogens (tertiary/aromatic N) is 4. The van der Waals surface area contributed by atoms with Crippen LogP contribution in [-0.4, -0.2) is 73.1 Å². The average molecular weight is 927 g/mol. The molecule has 2 amide bonds. The molecule has 3 heterocycles. The maximum atomic E-state index is 14.0. The van der Waals surface area contributed by atoms with Crippen molar-refractivity contribution in [2.45, 2.75) is 30.5 Å². The van der Waals surface area contributed by atoms with Crippen molar-refractivity contribution < 1.29 is 28.7 Å². The van der Waals surface area contributed by atoms with E-state index in [9.17, 15) is 14.4 Å². The number of amides is 2. The number of carbonyl (C=O) groups is 3. The number of oxime groups is 1. The van der Waals surface area contributed by atoms with E-state index in [0.717, 1.165) is 33.8 Å². The summed E-state index contributed by atoms with van der Waals surface area (Å²) < 4.78 is 16.2. The highest BCUT2D eigenvalue weighted by molar-refractivity contribution is 14.1. The first-order chi connectivity index (χ1) is 28.4. The van der Waals surface area contributed by atoms with Gasteiger partial charge in [0.05, 0.1) is 7.11 Å². The van der Waals surface area contributed by atoms with Crippen LogP contribution in [0.3, 0.4) is 0 Å². The van der Waals surface area contributed by atoms with Crippen LogP contribution in [0.25, 0.3) is 0 Å². The number of ether oxygens (including phenoxy) is 2.